The van der Waals surface area contributed by atoms with Gasteiger partial charge in [-0.05, 0) is 45.1 Å². The highest BCUT2D eigenvalue weighted by Gasteiger charge is 2.20. The molecule has 0 radical (unpaired) electrons. The summed E-state index contributed by atoms with van der Waals surface area (Å²) in [6.45, 7) is 7.62. The lowest BCUT2D eigenvalue weighted by Gasteiger charge is -2.24. The first-order valence-electron chi connectivity index (χ1n) is 6.43. The third kappa shape index (κ3) is 5.29. The number of hydrogen-bond acceptors (Lipinski definition) is 3. The van der Waals surface area contributed by atoms with Crippen molar-refractivity contribution in [2.75, 3.05) is 26.7 Å². The molecule has 0 fully saturated rings. The topological polar surface area (TPSA) is 37.0 Å². The van der Waals surface area contributed by atoms with Crippen LogP contribution in [0.2, 0.25) is 0 Å². The molecule has 0 atom stereocenters. The predicted molar refractivity (Wildman–Crippen MR) is 73.3 cm³/mol. The third-order valence-corrected chi connectivity index (χ3v) is 2.96. The van der Waals surface area contributed by atoms with Crippen molar-refractivity contribution < 1.29 is 0 Å². The van der Waals surface area contributed by atoms with Crippen molar-refractivity contribution in [2.45, 2.75) is 32.1 Å². The Labute approximate surface area is 105 Å². The molecule has 0 amide bonds. The highest BCUT2D eigenvalue weighted by Crippen LogP contribution is 2.19. The average molecular weight is 235 g/mol. The molecular weight excluding hydrogens is 210 g/mol. The average Bonchev–Trinajstić information content (AvgIpc) is 2.35. The van der Waals surface area contributed by atoms with Crippen LogP contribution in [0.1, 0.15) is 32.4 Å². The molecule has 0 unspecified atom stereocenters. The molecule has 0 aliphatic carbocycles. The van der Waals surface area contributed by atoms with Gasteiger partial charge in [-0.1, -0.05) is 19.9 Å². The second-order valence-electron chi connectivity index (χ2n) is 5.09. The van der Waals surface area contributed by atoms with Gasteiger partial charge in [-0.15, -0.1) is 0 Å². The van der Waals surface area contributed by atoms with Crippen molar-refractivity contribution in [1.29, 1.82) is 0 Å². The van der Waals surface area contributed by atoms with Gasteiger partial charge in [-0.3, -0.25) is 4.98 Å². The highest BCUT2D eigenvalue weighted by atomic mass is 14.9. The van der Waals surface area contributed by atoms with Crippen LogP contribution in [0, 0.1) is 0 Å². The van der Waals surface area contributed by atoms with Gasteiger partial charge < -0.3 is 10.6 Å². The minimum Gasteiger partial charge on any atom is -0.320 e. The van der Waals surface area contributed by atoms with Crippen LogP contribution in [0.4, 0.5) is 0 Å². The van der Waals surface area contributed by atoms with Gasteiger partial charge in [-0.2, -0.15) is 0 Å². The molecule has 0 spiro atoms. The molecule has 0 aliphatic heterocycles. The fourth-order valence-electron chi connectivity index (χ4n) is 1.81. The summed E-state index contributed by atoms with van der Waals surface area (Å²) in [6, 6.07) is 6.12. The summed E-state index contributed by atoms with van der Waals surface area (Å²) in [7, 11) is 2.00. The lowest BCUT2D eigenvalue weighted by molar-refractivity contribution is 0.452. The van der Waals surface area contributed by atoms with Gasteiger partial charge >= 0.3 is 0 Å². The van der Waals surface area contributed by atoms with Gasteiger partial charge in [0.05, 0.1) is 0 Å². The fraction of sp³-hybridized carbons (Fsp3) is 0.643. The molecule has 0 bridgehead atoms. The van der Waals surface area contributed by atoms with Gasteiger partial charge in [0.15, 0.2) is 0 Å². The Morgan fingerprint density at radius 3 is 2.59 bits per heavy atom. The Morgan fingerprint density at radius 2 is 1.94 bits per heavy atom. The van der Waals surface area contributed by atoms with Crippen LogP contribution in [-0.4, -0.2) is 31.7 Å². The van der Waals surface area contributed by atoms with Gasteiger partial charge in [0, 0.05) is 23.9 Å². The molecule has 0 aromatic carbocycles. The van der Waals surface area contributed by atoms with Crippen LogP contribution in [0.15, 0.2) is 24.4 Å². The molecule has 1 heterocycles. The smallest absolute Gasteiger partial charge is 0.0472 e. The number of unbranched alkanes of at least 4 members (excludes halogenated alkanes) is 1. The zero-order valence-corrected chi connectivity index (χ0v) is 11.3. The first kappa shape index (κ1) is 14.1. The summed E-state index contributed by atoms with van der Waals surface area (Å²) in [6.07, 6.45) is 4.32. The van der Waals surface area contributed by atoms with Crippen molar-refractivity contribution in [3.8, 4) is 0 Å². The number of aromatic nitrogens is 1. The number of pyridine rings is 1. The number of hydrogen-bond donors (Lipinski definition) is 2. The maximum atomic E-state index is 4.43. The quantitative estimate of drug-likeness (QED) is 0.676. The maximum Gasteiger partial charge on any atom is 0.0472 e. The standard InChI is InChI=1S/C14H25N3/c1-14(2,13-8-4-5-11-17-13)12-16-10-7-6-9-15-3/h4-5,8,11,15-16H,6-7,9-10,12H2,1-3H3. The van der Waals surface area contributed by atoms with Crippen LogP contribution < -0.4 is 10.6 Å². The van der Waals surface area contributed by atoms with Gasteiger partial charge in [-0.25, -0.2) is 0 Å². The first-order valence-corrected chi connectivity index (χ1v) is 6.43. The lowest BCUT2D eigenvalue weighted by atomic mass is 9.88. The van der Waals surface area contributed by atoms with E-state index >= 15 is 0 Å². The molecule has 96 valence electrons. The van der Waals surface area contributed by atoms with Crippen molar-refractivity contribution in [1.82, 2.24) is 15.6 Å². The van der Waals surface area contributed by atoms with Gasteiger partial charge in [0.25, 0.3) is 0 Å². The Kier molecular flexibility index (Phi) is 6.16. The molecule has 1 rings (SSSR count). The zero-order chi connectivity index (χ0) is 12.6. The third-order valence-electron chi connectivity index (χ3n) is 2.96. The van der Waals surface area contributed by atoms with E-state index in [0.717, 1.165) is 25.3 Å². The van der Waals surface area contributed by atoms with E-state index in [9.17, 15) is 0 Å². The highest BCUT2D eigenvalue weighted by molar-refractivity contribution is 5.14. The molecular formula is C14H25N3. The fourth-order valence-corrected chi connectivity index (χ4v) is 1.81. The van der Waals surface area contributed by atoms with Crippen LogP contribution >= 0.6 is 0 Å². The zero-order valence-electron chi connectivity index (χ0n) is 11.3. The first-order chi connectivity index (χ1) is 8.17. The molecule has 1 aromatic rings. The summed E-state index contributed by atoms with van der Waals surface area (Å²) in [5.41, 5.74) is 1.26. The summed E-state index contributed by atoms with van der Waals surface area (Å²) in [4.78, 5) is 4.43. The summed E-state index contributed by atoms with van der Waals surface area (Å²) in [5, 5.41) is 6.68. The molecule has 17 heavy (non-hydrogen) atoms. The van der Waals surface area contributed by atoms with E-state index < -0.39 is 0 Å². The van der Waals surface area contributed by atoms with E-state index in [1.165, 1.54) is 12.8 Å². The minimum absolute atomic E-state index is 0.101. The van der Waals surface area contributed by atoms with Crippen LogP contribution in [0.5, 0.6) is 0 Å². The van der Waals surface area contributed by atoms with E-state index in [1.54, 1.807) is 0 Å². The maximum absolute atomic E-state index is 4.43. The van der Waals surface area contributed by atoms with Crippen LogP contribution in [0.25, 0.3) is 0 Å². The predicted octanol–water partition coefficient (Wildman–Crippen LogP) is 1.95. The molecule has 1 aromatic heterocycles. The Hall–Kier alpha value is -0.930. The second kappa shape index (κ2) is 7.41. The van der Waals surface area contributed by atoms with Gasteiger partial charge in [0.1, 0.15) is 0 Å². The Morgan fingerprint density at radius 1 is 1.18 bits per heavy atom. The Bertz CT molecular complexity index is 296. The van der Waals surface area contributed by atoms with Crippen LogP contribution in [0.3, 0.4) is 0 Å². The Balaban J connectivity index is 2.26. The number of rotatable bonds is 8. The van der Waals surface area contributed by atoms with E-state index in [0.29, 0.717) is 0 Å². The molecule has 2 N–H and O–H groups in total. The van der Waals surface area contributed by atoms with Gasteiger partial charge in [0.2, 0.25) is 0 Å². The summed E-state index contributed by atoms with van der Waals surface area (Å²) >= 11 is 0. The lowest BCUT2D eigenvalue weighted by Crippen LogP contribution is -2.34. The molecule has 0 saturated carbocycles. The SMILES string of the molecule is CNCCCCNCC(C)(C)c1ccccn1. The summed E-state index contributed by atoms with van der Waals surface area (Å²) in [5.74, 6) is 0. The largest absolute Gasteiger partial charge is 0.320 e. The van der Waals surface area contributed by atoms with E-state index in [-0.39, 0.29) is 5.41 Å². The number of nitrogens with one attached hydrogen (secondary N) is 2. The monoisotopic (exact) mass is 235 g/mol. The molecule has 3 nitrogen and oxygen atoms in total. The second-order valence-corrected chi connectivity index (χ2v) is 5.09. The van der Waals surface area contributed by atoms with E-state index in [2.05, 4.69) is 41.6 Å². The molecule has 0 aliphatic rings. The van der Waals surface area contributed by atoms with Crippen molar-refractivity contribution >= 4 is 0 Å². The summed E-state index contributed by atoms with van der Waals surface area (Å²) < 4.78 is 0. The molecule has 0 saturated heterocycles. The van der Waals surface area contributed by atoms with Crippen molar-refractivity contribution in [3.05, 3.63) is 30.1 Å². The normalized spacial score (nSPS) is 11.7. The van der Waals surface area contributed by atoms with E-state index in [4.69, 9.17) is 0 Å². The molecule has 3 heteroatoms. The minimum atomic E-state index is 0.101. The van der Waals surface area contributed by atoms with Crippen LogP contribution in [-0.2, 0) is 5.41 Å². The van der Waals surface area contributed by atoms with E-state index in [1.807, 2.05) is 19.3 Å². The number of nitrogens with zero attached hydrogens (tertiary/aromatic N) is 1. The van der Waals surface area contributed by atoms with Crippen molar-refractivity contribution in [3.63, 3.8) is 0 Å². The van der Waals surface area contributed by atoms with Crippen molar-refractivity contribution in [2.24, 2.45) is 0 Å².